The number of anilines is 1. The van der Waals surface area contributed by atoms with E-state index in [1.54, 1.807) is 43.6 Å². The van der Waals surface area contributed by atoms with Crippen molar-refractivity contribution in [1.82, 2.24) is 20.2 Å². The third-order valence-corrected chi connectivity index (χ3v) is 4.96. The van der Waals surface area contributed by atoms with E-state index in [2.05, 4.69) is 20.2 Å². The minimum atomic E-state index is -0.848. The molecular weight excluding hydrogens is 366 g/mol. The highest BCUT2D eigenvalue weighted by Gasteiger charge is 2.48. The van der Waals surface area contributed by atoms with Crippen molar-refractivity contribution in [1.29, 1.82) is 0 Å². The topological polar surface area (TPSA) is 109 Å². The molecule has 0 spiro atoms. The number of hydrogen-bond acceptors (Lipinski definition) is 8. The minimum absolute atomic E-state index is 0.0212. The number of pyridine rings is 2. The molecule has 0 bridgehead atoms. The van der Waals surface area contributed by atoms with Crippen molar-refractivity contribution in [3.05, 3.63) is 70.8 Å². The lowest BCUT2D eigenvalue weighted by Gasteiger charge is -2.22. The van der Waals surface area contributed by atoms with Gasteiger partial charge in [0.05, 0.1) is 11.6 Å². The molecule has 1 unspecified atom stereocenters. The summed E-state index contributed by atoms with van der Waals surface area (Å²) in [4.78, 5) is 34.8. The number of amides is 1. The summed E-state index contributed by atoms with van der Waals surface area (Å²) in [6.07, 6.45) is 6.14. The van der Waals surface area contributed by atoms with E-state index in [4.69, 9.17) is 0 Å². The molecule has 1 saturated heterocycles. The molecule has 4 heterocycles. The highest BCUT2D eigenvalue weighted by molar-refractivity contribution is 7.15. The Morgan fingerprint density at radius 1 is 1.11 bits per heavy atom. The van der Waals surface area contributed by atoms with Gasteiger partial charge in [-0.1, -0.05) is 17.4 Å². The van der Waals surface area contributed by atoms with E-state index in [-0.39, 0.29) is 16.5 Å². The molecule has 1 N–H and O–H groups in total. The highest BCUT2D eigenvalue weighted by atomic mass is 32.1. The van der Waals surface area contributed by atoms with Crippen LogP contribution in [0.3, 0.4) is 0 Å². The van der Waals surface area contributed by atoms with Crippen molar-refractivity contribution in [3.8, 4) is 0 Å². The monoisotopic (exact) mass is 379 g/mol. The standard InChI is InChI=1S/C18H13N5O3S/c1-10-21-22-18(27-10)23-14(12-3-2-6-20-9-12)13(16(25)17(23)26)15(24)11-4-7-19-8-5-11/h2-9,14,24H,1H3. The maximum absolute atomic E-state index is 12.8. The second-order valence-electron chi connectivity index (χ2n) is 5.79. The van der Waals surface area contributed by atoms with Crippen LogP contribution in [0.1, 0.15) is 22.2 Å². The molecule has 1 amide bonds. The predicted molar refractivity (Wildman–Crippen MR) is 97.9 cm³/mol. The lowest BCUT2D eigenvalue weighted by molar-refractivity contribution is -0.132. The smallest absolute Gasteiger partial charge is 0.301 e. The molecule has 8 nitrogen and oxygen atoms in total. The van der Waals surface area contributed by atoms with Crippen LogP contribution in [0.25, 0.3) is 5.76 Å². The van der Waals surface area contributed by atoms with E-state index >= 15 is 0 Å². The van der Waals surface area contributed by atoms with Crippen LogP contribution in [0.5, 0.6) is 0 Å². The fraction of sp³-hybridized carbons (Fsp3) is 0.111. The van der Waals surface area contributed by atoms with Crippen molar-refractivity contribution in [2.45, 2.75) is 13.0 Å². The number of hydrogen-bond donors (Lipinski definition) is 1. The first-order valence-corrected chi connectivity index (χ1v) is 8.81. The van der Waals surface area contributed by atoms with Crippen LogP contribution in [0.2, 0.25) is 0 Å². The van der Waals surface area contributed by atoms with Gasteiger partial charge in [-0.05, 0) is 30.7 Å². The molecule has 0 saturated carbocycles. The average molecular weight is 379 g/mol. The number of nitrogens with zero attached hydrogens (tertiary/aromatic N) is 5. The maximum atomic E-state index is 12.8. The Morgan fingerprint density at radius 2 is 1.89 bits per heavy atom. The van der Waals surface area contributed by atoms with Gasteiger partial charge in [0.2, 0.25) is 5.13 Å². The molecule has 134 valence electrons. The van der Waals surface area contributed by atoms with Gasteiger partial charge in [0, 0.05) is 30.4 Å². The highest BCUT2D eigenvalue weighted by Crippen LogP contribution is 2.42. The average Bonchev–Trinajstić information content (AvgIpc) is 3.24. The lowest BCUT2D eigenvalue weighted by atomic mass is 9.97. The van der Waals surface area contributed by atoms with E-state index in [0.717, 1.165) is 0 Å². The quantitative estimate of drug-likeness (QED) is 0.422. The fourth-order valence-corrected chi connectivity index (χ4v) is 3.65. The van der Waals surface area contributed by atoms with E-state index in [1.807, 2.05) is 0 Å². The number of aliphatic hydroxyl groups excluding tert-OH is 1. The molecule has 4 rings (SSSR count). The van der Waals surface area contributed by atoms with Gasteiger partial charge >= 0.3 is 5.91 Å². The molecule has 1 fully saturated rings. The van der Waals surface area contributed by atoms with Crippen LogP contribution < -0.4 is 4.90 Å². The van der Waals surface area contributed by atoms with E-state index in [0.29, 0.717) is 16.1 Å². The first-order chi connectivity index (χ1) is 13.1. The molecule has 27 heavy (non-hydrogen) atoms. The summed E-state index contributed by atoms with van der Waals surface area (Å²) < 4.78 is 0. The SMILES string of the molecule is Cc1nnc(N2C(=O)C(=O)C(=C(O)c3ccncc3)C2c2cccnc2)s1. The molecule has 1 aliphatic rings. The van der Waals surface area contributed by atoms with E-state index in [9.17, 15) is 14.7 Å². The van der Waals surface area contributed by atoms with Crippen LogP contribution >= 0.6 is 11.3 Å². The zero-order valence-electron chi connectivity index (χ0n) is 14.1. The van der Waals surface area contributed by atoms with Gasteiger partial charge < -0.3 is 5.11 Å². The number of rotatable bonds is 3. The summed E-state index contributed by atoms with van der Waals surface area (Å²) in [6.45, 7) is 1.76. The fourth-order valence-electron chi connectivity index (χ4n) is 2.93. The van der Waals surface area contributed by atoms with Crippen LogP contribution in [-0.4, -0.2) is 37.0 Å². The van der Waals surface area contributed by atoms with Gasteiger partial charge in [-0.3, -0.25) is 24.5 Å². The third kappa shape index (κ3) is 2.87. The number of carbonyl (C=O) groups excluding carboxylic acids is 2. The van der Waals surface area contributed by atoms with Gasteiger partial charge in [0.25, 0.3) is 5.78 Å². The molecule has 9 heteroatoms. The number of ketones is 1. The molecular formula is C18H13N5O3S. The first-order valence-electron chi connectivity index (χ1n) is 7.99. The number of aryl methyl sites for hydroxylation is 1. The largest absolute Gasteiger partial charge is 0.507 e. The zero-order valence-corrected chi connectivity index (χ0v) is 14.9. The number of aliphatic hydroxyl groups is 1. The van der Waals surface area contributed by atoms with Crippen molar-refractivity contribution in [2.75, 3.05) is 4.90 Å². The molecule has 0 aromatic carbocycles. The Bertz CT molecular complexity index is 1050. The zero-order chi connectivity index (χ0) is 19.0. The predicted octanol–water partition coefficient (Wildman–Crippen LogP) is 2.26. The van der Waals surface area contributed by atoms with E-state index < -0.39 is 17.7 Å². The van der Waals surface area contributed by atoms with Crippen LogP contribution in [0.4, 0.5) is 5.13 Å². The summed E-state index contributed by atoms with van der Waals surface area (Å²) in [7, 11) is 0. The first kappa shape index (κ1) is 17.0. The number of carbonyl (C=O) groups is 2. The van der Waals surface area contributed by atoms with Crippen molar-refractivity contribution >= 4 is 33.9 Å². The van der Waals surface area contributed by atoms with Gasteiger partial charge in [-0.15, -0.1) is 10.2 Å². The number of Topliss-reactive ketones (excluding diaryl/α,β-unsaturated/α-hetero) is 1. The molecule has 0 radical (unpaired) electrons. The summed E-state index contributed by atoms with van der Waals surface area (Å²) in [5.74, 6) is -1.82. The molecule has 1 aliphatic heterocycles. The third-order valence-electron chi connectivity index (χ3n) is 4.12. The van der Waals surface area contributed by atoms with Crippen LogP contribution in [0, 0.1) is 6.92 Å². The molecule has 0 aliphatic carbocycles. The summed E-state index contributed by atoms with van der Waals surface area (Å²) in [5, 5.41) is 19.7. The van der Waals surface area contributed by atoms with Crippen LogP contribution in [-0.2, 0) is 9.59 Å². The van der Waals surface area contributed by atoms with Gasteiger partial charge in [-0.2, -0.15) is 0 Å². The molecule has 3 aromatic rings. The molecule has 3 aromatic heterocycles. The summed E-state index contributed by atoms with van der Waals surface area (Å²) >= 11 is 1.19. The minimum Gasteiger partial charge on any atom is -0.507 e. The summed E-state index contributed by atoms with van der Waals surface area (Å²) in [6, 6.07) is 5.73. The Balaban J connectivity index is 1.94. The molecule has 1 atom stereocenters. The Hall–Kier alpha value is -3.46. The van der Waals surface area contributed by atoms with Gasteiger partial charge in [0.15, 0.2) is 0 Å². The van der Waals surface area contributed by atoms with Gasteiger partial charge in [-0.25, -0.2) is 0 Å². The van der Waals surface area contributed by atoms with Crippen LogP contribution in [0.15, 0.2) is 54.6 Å². The maximum Gasteiger partial charge on any atom is 0.301 e. The Labute approximate surface area is 157 Å². The number of aromatic nitrogens is 4. The van der Waals surface area contributed by atoms with Gasteiger partial charge in [0.1, 0.15) is 10.8 Å². The normalized spacial score (nSPS) is 18.9. The van der Waals surface area contributed by atoms with Crippen molar-refractivity contribution in [2.24, 2.45) is 0 Å². The van der Waals surface area contributed by atoms with Crippen molar-refractivity contribution in [3.63, 3.8) is 0 Å². The van der Waals surface area contributed by atoms with Crippen molar-refractivity contribution < 1.29 is 14.7 Å². The Kier molecular flexibility index (Phi) is 4.21. The van der Waals surface area contributed by atoms with E-state index in [1.165, 1.54) is 28.6 Å². The second kappa shape index (κ2) is 6.69. The Morgan fingerprint density at radius 3 is 2.52 bits per heavy atom. The summed E-state index contributed by atoms with van der Waals surface area (Å²) in [5.41, 5.74) is 0.956. The second-order valence-corrected chi connectivity index (χ2v) is 6.96. The lowest BCUT2D eigenvalue weighted by Crippen LogP contribution is -2.29.